The summed E-state index contributed by atoms with van der Waals surface area (Å²) in [5.41, 5.74) is -0.646. The Bertz CT molecular complexity index is 844. The number of hydrogen-bond acceptors (Lipinski definition) is 5. The van der Waals surface area contributed by atoms with E-state index in [2.05, 4.69) is 4.40 Å². The minimum atomic E-state index is -3.58. The number of likely N-dealkylation sites (tertiary alicyclic amines) is 1. The molecule has 0 bridgehead atoms. The first-order chi connectivity index (χ1) is 11.8. The third-order valence-corrected chi connectivity index (χ3v) is 6.82. The molecule has 25 heavy (non-hydrogen) atoms. The number of amides is 1. The number of nitrogens with zero attached hydrogens (tertiary/aromatic N) is 3. The Kier molecular flexibility index (Phi) is 3.54. The van der Waals surface area contributed by atoms with Gasteiger partial charge in [-0.2, -0.15) is 0 Å². The Morgan fingerprint density at radius 1 is 1.36 bits per heavy atom. The van der Waals surface area contributed by atoms with Crippen molar-refractivity contribution in [2.45, 2.75) is 19.3 Å². The smallest absolute Gasteiger partial charge is 0.311 e. The zero-order chi connectivity index (χ0) is 17.8. The monoisotopic (exact) mass is 365 g/mol. The summed E-state index contributed by atoms with van der Waals surface area (Å²) >= 11 is 0. The summed E-state index contributed by atoms with van der Waals surface area (Å²) in [6.07, 6.45) is 7.19. The van der Waals surface area contributed by atoms with E-state index in [-0.39, 0.29) is 42.1 Å². The van der Waals surface area contributed by atoms with Crippen LogP contribution in [0.3, 0.4) is 0 Å². The van der Waals surface area contributed by atoms with Gasteiger partial charge in [-0.25, -0.2) is 8.42 Å². The number of hydrogen-bond donors (Lipinski definition) is 1. The van der Waals surface area contributed by atoms with E-state index in [4.69, 9.17) is 0 Å². The van der Waals surface area contributed by atoms with Crippen molar-refractivity contribution in [3.63, 3.8) is 0 Å². The summed E-state index contributed by atoms with van der Waals surface area (Å²) in [7, 11) is -3.58. The molecule has 9 heteroatoms. The van der Waals surface area contributed by atoms with E-state index in [9.17, 15) is 23.1 Å². The second-order valence-corrected chi connectivity index (χ2v) is 8.81. The average Bonchev–Trinajstić information content (AvgIpc) is 3.11. The Labute approximate surface area is 145 Å². The first-order valence-corrected chi connectivity index (χ1v) is 9.94. The fraction of sp³-hybridized carbons (Fsp3) is 0.562. The van der Waals surface area contributed by atoms with Gasteiger partial charge in [0.25, 0.3) is 15.9 Å². The third kappa shape index (κ3) is 2.48. The fourth-order valence-corrected chi connectivity index (χ4v) is 5.33. The zero-order valence-electron chi connectivity index (χ0n) is 13.6. The SMILES string of the molecule is O=C(C1=CC=CN2CCS(=O)(=O)N=C12)N1C[C@@H]2CCC[C@@]2(C(=O)O)C1. The maximum absolute atomic E-state index is 13.0. The molecule has 1 N–H and O–H groups in total. The molecule has 1 amide bonds. The number of aliphatic carboxylic acids is 1. The van der Waals surface area contributed by atoms with Crippen molar-refractivity contribution in [1.29, 1.82) is 0 Å². The molecule has 0 unspecified atom stereocenters. The predicted molar refractivity (Wildman–Crippen MR) is 89.1 cm³/mol. The lowest BCUT2D eigenvalue weighted by atomic mass is 9.81. The number of carboxylic acid groups (broad SMARTS) is 1. The van der Waals surface area contributed by atoms with Crippen LogP contribution in [0, 0.1) is 11.3 Å². The van der Waals surface area contributed by atoms with Gasteiger partial charge in [-0.05, 0) is 30.9 Å². The number of carboxylic acids is 1. The van der Waals surface area contributed by atoms with Gasteiger partial charge >= 0.3 is 5.97 Å². The van der Waals surface area contributed by atoms with Crippen molar-refractivity contribution in [2.75, 3.05) is 25.4 Å². The third-order valence-electron chi connectivity index (χ3n) is 5.67. The van der Waals surface area contributed by atoms with Crippen molar-refractivity contribution in [1.82, 2.24) is 9.80 Å². The Morgan fingerprint density at radius 3 is 2.88 bits per heavy atom. The molecule has 0 aromatic heterocycles. The van der Waals surface area contributed by atoms with Gasteiger partial charge in [0.2, 0.25) is 0 Å². The van der Waals surface area contributed by atoms with Crippen LogP contribution >= 0.6 is 0 Å². The number of sulfonamides is 1. The lowest BCUT2D eigenvalue weighted by Gasteiger charge is -2.30. The van der Waals surface area contributed by atoms with Gasteiger partial charge in [-0.3, -0.25) is 9.59 Å². The number of rotatable bonds is 2. The topological polar surface area (TPSA) is 107 Å². The van der Waals surface area contributed by atoms with Crippen molar-refractivity contribution in [3.05, 3.63) is 23.9 Å². The molecule has 0 aromatic rings. The highest BCUT2D eigenvalue weighted by Crippen LogP contribution is 2.49. The van der Waals surface area contributed by atoms with Crippen LogP contribution in [0.25, 0.3) is 0 Å². The summed E-state index contributed by atoms with van der Waals surface area (Å²) in [5, 5.41) is 9.67. The maximum Gasteiger partial charge on any atom is 0.311 e. The molecule has 1 aliphatic carbocycles. The molecule has 3 heterocycles. The molecule has 2 atom stereocenters. The number of fused-ring (bicyclic) bond motifs is 2. The molecule has 1 saturated carbocycles. The quantitative estimate of drug-likeness (QED) is 0.749. The van der Waals surface area contributed by atoms with E-state index in [0.717, 1.165) is 12.8 Å². The molecule has 0 aromatic carbocycles. The number of carbonyl (C=O) groups is 2. The molecular formula is C16H19N3O5S. The first kappa shape index (κ1) is 16.3. The van der Waals surface area contributed by atoms with E-state index < -0.39 is 21.4 Å². The Balaban J connectivity index is 1.64. The minimum Gasteiger partial charge on any atom is -0.481 e. The molecule has 4 aliphatic rings. The van der Waals surface area contributed by atoms with Crippen LogP contribution in [0.1, 0.15) is 19.3 Å². The highest BCUT2D eigenvalue weighted by atomic mass is 32.2. The van der Waals surface area contributed by atoms with Crippen LogP contribution in [0.5, 0.6) is 0 Å². The van der Waals surface area contributed by atoms with E-state index in [1.54, 1.807) is 28.2 Å². The summed E-state index contributed by atoms with van der Waals surface area (Å²) in [6, 6.07) is 0. The molecule has 134 valence electrons. The summed E-state index contributed by atoms with van der Waals surface area (Å²) < 4.78 is 27.4. The summed E-state index contributed by atoms with van der Waals surface area (Å²) in [4.78, 5) is 28.0. The number of amidine groups is 1. The number of carbonyl (C=O) groups excluding carboxylic acids is 1. The lowest BCUT2D eigenvalue weighted by Crippen LogP contribution is -2.44. The van der Waals surface area contributed by atoms with E-state index in [1.165, 1.54) is 0 Å². The van der Waals surface area contributed by atoms with Gasteiger partial charge in [0.1, 0.15) is 0 Å². The predicted octanol–water partition coefficient (Wildman–Crippen LogP) is 0.197. The average molecular weight is 365 g/mol. The Hall–Kier alpha value is -2.16. The highest BCUT2D eigenvalue weighted by Gasteiger charge is 2.56. The molecule has 3 aliphatic heterocycles. The van der Waals surface area contributed by atoms with Crippen LogP contribution in [0.4, 0.5) is 0 Å². The standard InChI is InChI=1S/C16H19N3O5S/c20-14(19-9-11-3-1-5-16(11,10-19)15(21)22)12-4-2-6-18-7-8-25(23,24)17-13(12)18/h2,4,6,11H,1,3,5,7-10H2,(H,21,22)/t11-,16+/m0/s1. The fourth-order valence-electron chi connectivity index (χ4n) is 4.35. The van der Waals surface area contributed by atoms with Crippen LogP contribution in [0.15, 0.2) is 28.3 Å². The second kappa shape index (κ2) is 5.42. The molecule has 1 saturated heterocycles. The van der Waals surface area contributed by atoms with Crippen molar-refractivity contribution in [2.24, 2.45) is 15.7 Å². The largest absolute Gasteiger partial charge is 0.481 e. The van der Waals surface area contributed by atoms with E-state index in [0.29, 0.717) is 13.0 Å². The molecular weight excluding hydrogens is 346 g/mol. The maximum atomic E-state index is 13.0. The van der Waals surface area contributed by atoms with Crippen LogP contribution in [-0.4, -0.2) is 66.4 Å². The van der Waals surface area contributed by atoms with Crippen molar-refractivity contribution < 1.29 is 23.1 Å². The van der Waals surface area contributed by atoms with Crippen molar-refractivity contribution >= 4 is 27.7 Å². The van der Waals surface area contributed by atoms with Crippen LogP contribution in [0.2, 0.25) is 0 Å². The normalized spacial score (nSPS) is 32.7. The second-order valence-electron chi connectivity index (χ2n) is 7.05. The number of allylic oxidation sites excluding steroid dienone is 2. The molecule has 4 rings (SSSR count). The van der Waals surface area contributed by atoms with Gasteiger partial charge in [-0.15, -0.1) is 4.40 Å². The zero-order valence-corrected chi connectivity index (χ0v) is 14.4. The van der Waals surface area contributed by atoms with Gasteiger partial charge in [0.05, 0.1) is 16.7 Å². The van der Waals surface area contributed by atoms with E-state index >= 15 is 0 Å². The molecule has 8 nitrogen and oxygen atoms in total. The van der Waals surface area contributed by atoms with Gasteiger partial charge in [-0.1, -0.05) is 6.42 Å². The summed E-state index contributed by atoms with van der Waals surface area (Å²) in [6.45, 7) is 0.823. The Morgan fingerprint density at radius 2 is 2.16 bits per heavy atom. The van der Waals surface area contributed by atoms with E-state index in [1.807, 2.05) is 0 Å². The van der Waals surface area contributed by atoms with Gasteiger partial charge in [0.15, 0.2) is 5.84 Å². The van der Waals surface area contributed by atoms with Gasteiger partial charge in [0, 0.05) is 25.8 Å². The highest BCUT2D eigenvalue weighted by molar-refractivity contribution is 7.90. The minimum absolute atomic E-state index is 0.0400. The van der Waals surface area contributed by atoms with Crippen LogP contribution in [-0.2, 0) is 19.6 Å². The van der Waals surface area contributed by atoms with Gasteiger partial charge < -0.3 is 14.9 Å². The lowest BCUT2D eigenvalue weighted by molar-refractivity contribution is -0.149. The molecule has 2 fully saturated rings. The van der Waals surface area contributed by atoms with Crippen molar-refractivity contribution in [3.8, 4) is 0 Å². The molecule has 0 spiro atoms. The first-order valence-electron chi connectivity index (χ1n) is 8.33. The van der Waals surface area contributed by atoms with Crippen LogP contribution < -0.4 is 0 Å². The molecule has 0 radical (unpaired) electrons. The summed E-state index contributed by atoms with van der Waals surface area (Å²) in [5.74, 6) is -1.18.